The highest BCUT2D eigenvalue weighted by atomic mass is 32.2. The summed E-state index contributed by atoms with van der Waals surface area (Å²) in [5.41, 5.74) is -1.60. The summed E-state index contributed by atoms with van der Waals surface area (Å²) in [4.78, 5) is 62.5. The molecule has 59 heavy (non-hydrogen) atoms. The second-order valence-electron chi connectivity index (χ2n) is 16.5. The molecular weight excluding hydrogens is 789 g/mol. The van der Waals surface area contributed by atoms with Crippen LogP contribution in [-0.4, -0.2) is 83.7 Å². The number of ether oxygens (including phenoxy) is 3. The van der Waals surface area contributed by atoms with Crippen LogP contribution in [0, 0.1) is 29.4 Å². The quantitative estimate of drug-likeness (QED) is 0.239. The number of nitrogens with one attached hydrogen (secondary N) is 3. The van der Waals surface area contributed by atoms with Gasteiger partial charge < -0.3 is 29.7 Å². The van der Waals surface area contributed by atoms with Gasteiger partial charge >= 0.3 is 6.09 Å². The third kappa shape index (κ3) is 8.70. The molecule has 3 heterocycles. The first-order chi connectivity index (χ1) is 28.0. The van der Waals surface area contributed by atoms with Crippen molar-refractivity contribution in [2.75, 3.05) is 13.2 Å². The molecule has 7 rings (SSSR count). The van der Waals surface area contributed by atoms with Crippen LogP contribution in [0.25, 0.3) is 10.8 Å². The Morgan fingerprint density at radius 1 is 1.05 bits per heavy atom. The largest absolute Gasteiger partial charge is 0.492 e. The Balaban J connectivity index is 1.22. The Morgan fingerprint density at radius 2 is 1.80 bits per heavy atom. The van der Waals surface area contributed by atoms with Crippen molar-refractivity contribution in [2.45, 2.75) is 101 Å². The van der Waals surface area contributed by atoms with Gasteiger partial charge in [-0.3, -0.25) is 19.1 Å². The Labute approximate surface area is 341 Å². The normalized spacial score (nSPS) is 27.9. The lowest BCUT2D eigenvalue weighted by molar-refractivity contribution is -0.142. The van der Waals surface area contributed by atoms with Gasteiger partial charge in [0, 0.05) is 29.2 Å². The molecule has 1 aromatic heterocycles. The summed E-state index contributed by atoms with van der Waals surface area (Å²) in [6, 6.07) is 7.22. The molecule has 2 aliphatic carbocycles. The van der Waals surface area contributed by atoms with Crippen LogP contribution < -0.4 is 29.6 Å². The van der Waals surface area contributed by atoms with Crippen LogP contribution in [0.15, 0.2) is 60.8 Å². The van der Waals surface area contributed by atoms with Crippen LogP contribution in [0.1, 0.15) is 72.6 Å². The molecule has 2 aliphatic heterocycles. The molecule has 14 nitrogen and oxygen atoms in total. The van der Waals surface area contributed by atoms with Gasteiger partial charge in [-0.1, -0.05) is 44.2 Å². The van der Waals surface area contributed by atoms with Crippen molar-refractivity contribution < 1.29 is 50.6 Å². The topological polar surface area (TPSA) is 182 Å². The molecule has 0 spiro atoms. The number of allylic oxidation sites excluding steroid dienone is 1. The third-order valence-electron chi connectivity index (χ3n) is 11.9. The number of hydrogen-bond acceptors (Lipinski definition) is 10. The SMILES string of the molecule is CCOc1cnc(O[C@@H]2C[C@H]3C(=O)N[C@]4(C(=O)NS(=O)(=O)C5(C)CC5)C[C@H]4C=CCC[C@@H](C)C[C@@H](C)[C@H](NC(=O)Oc4ccc(F)cc4F)C(=O)N3C2)c2ccccc12. The first-order valence-corrected chi connectivity index (χ1v) is 21.5. The number of nitrogens with zero attached hydrogens (tertiary/aromatic N) is 2. The minimum Gasteiger partial charge on any atom is -0.492 e. The van der Waals surface area contributed by atoms with Crippen molar-refractivity contribution in [3.8, 4) is 17.4 Å². The van der Waals surface area contributed by atoms with Crippen molar-refractivity contribution in [1.82, 2.24) is 25.2 Å². The zero-order valence-corrected chi connectivity index (χ0v) is 34.2. The second-order valence-corrected chi connectivity index (χ2v) is 18.7. The molecular formula is C42H49F2N5O9S. The molecule has 7 atom stereocenters. The van der Waals surface area contributed by atoms with Crippen LogP contribution in [0.5, 0.6) is 17.4 Å². The average molecular weight is 838 g/mol. The Kier molecular flexibility index (Phi) is 11.6. The van der Waals surface area contributed by atoms with Gasteiger partial charge in [0.15, 0.2) is 11.6 Å². The van der Waals surface area contributed by atoms with Crippen molar-refractivity contribution in [3.63, 3.8) is 0 Å². The predicted molar refractivity (Wildman–Crippen MR) is 212 cm³/mol. The number of fused-ring (bicyclic) bond motifs is 3. The highest BCUT2D eigenvalue weighted by Crippen LogP contribution is 2.47. The maximum absolute atomic E-state index is 14.9. The predicted octanol–water partition coefficient (Wildman–Crippen LogP) is 5.30. The number of sulfonamides is 1. The maximum Gasteiger partial charge on any atom is 0.413 e. The van der Waals surface area contributed by atoms with E-state index < -0.39 is 91.5 Å². The van der Waals surface area contributed by atoms with E-state index in [0.717, 1.165) is 17.5 Å². The van der Waals surface area contributed by atoms with Crippen LogP contribution in [-0.2, 0) is 24.4 Å². The van der Waals surface area contributed by atoms with Crippen molar-refractivity contribution in [3.05, 3.63) is 72.4 Å². The molecule has 0 bridgehead atoms. The van der Waals surface area contributed by atoms with E-state index in [0.29, 0.717) is 55.9 Å². The highest BCUT2D eigenvalue weighted by Gasteiger charge is 2.63. The minimum atomic E-state index is -4.05. The van der Waals surface area contributed by atoms with E-state index >= 15 is 0 Å². The first kappa shape index (κ1) is 41.8. The van der Waals surface area contributed by atoms with Crippen molar-refractivity contribution in [2.24, 2.45) is 17.8 Å². The lowest BCUT2D eigenvalue weighted by Gasteiger charge is -2.32. The standard InChI is InChI=1S/C42H49F2N5O9S/c1-5-56-34-22-45-37(30-13-9-8-12-29(30)34)57-28-20-32-36(50)47-42(39(52)48-59(54,55)41(4)16-17-41)21-26(42)11-7-6-10-24(2)18-25(3)35(38(51)49(32)23-28)46-40(53)58-33-15-14-27(43)19-31(33)44/h7-9,11-15,19,22,24-26,28,32,35H,5-6,10,16-18,20-21,23H2,1-4H3,(H,46,53)(H,47,50)(H,48,52)/t24-,25-,26-,28-,32+,35+,42-/m1/s1. The maximum atomic E-state index is 14.9. The molecule has 1 saturated heterocycles. The van der Waals surface area contributed by atoms with E-state index in [1.165, 1.54) is 11.1 Å². The molecule has 2 saturated carbocycles. The zero-order valence-electron chi connectivity index (χ0n) is 33.3. The molecule has 3 aromatic rings. The summed E-state index contributed by atoms with van der Waals surface area (Å²) in [5.74, 6) is -5.03. The molecule has 0 radical (unpaired) electrons. The van der Waals surface area contributed by atoms with Gasteiger partial charge in [-0.05, 0) is 82.4 Å². The molecule has 4 aliphatic rings. The highest BCUT2D eigenvalue weighted by molar-refractivity contribution is 7.91. The van der Waals surface area contributed by atoms with Crippen LogP contribution in [0.3, 0.4) is 0 Å². The smallest absolute Gasteiger partial charge is 0.413 e. The number of hydrogen-bond donors (Lipinski definition) is 3. The summed E-state index contributed by atoms with van der Waals surface area (Å²) in [6.45, 7) is 7.44. The zero-order chi connectivity index (χ0) is 42.3. The van der Waals surface area contributed by atoms with Crippen molar-refractivity contribution in [1.29, 1.82) is 0 Å². The molecule has 316 valence electrons. The molecule has 4 amide bonds. The average Bonchev–Trinajstić information content (AvgIpc) is 4.07. The van der Waals surface area contributed by atoms with E-state index in [1.807, 2.05) is 50.3 Å². The number of aromatic nitrogens is 1. The van der Waals surface area contributed by atoms with Crippen molar-refractivity contribution >= 4 is 44.6 Å². The summed E-state index contributed by atoms with van der Waals surface area (Å²) in [5, 5.41) is 6.80. The minimum absolute atomic E-state index is 0.0309. The Hall–Kier alpha value is -5.32. The third-order valence-corrected chi connectivity index (χ3v) is 14.1. The van der Waals surface area contributed by atoms with E-state index in [4.69, 9.17) is 14.2 Å². The summed E-state index contributed by atoms with van der Waals surface area (Å²) in [7, 11) is -4.05. The van der Waals surface area contributed by atoms with Crippen LogP contribution in [0.2, 0.25) is 0 Å². The number of benzene rings is 2. The van der Waals surface area contributed by atoms with Crippen LogP contribution in [0.4, 0.5) is 13.6 Å². The fraction of sp³-hybridized carbons (Fsp3) is 0.500. The first-order valence-electron chi connectivity index (χ1n) is 20.0. The van der Waals surface area contributed by atoms with Gasteiger partial charge in [-0.15, -0.1) is 0 Å². The number of rotatable bonds is 9. The van der Waals surface area contributed by atoms with E-state index in [9.17, 15) is 36.4 Å². The lowest BCUT2D eigenvalue weighted by Crippen LogP contribution is -2.59. The van der Waals surface area contributed by atoms with E-state index in [2.05, 4.69) is 20.3 Å². The number of carbonyl (C=O) groups is 4. The summed E-state index contributed by atoms with van der Waals surface area (Å²) >= 11 is 0. The van der Waals surface area contributed by atoms with Gasteiger partial charge in [-0.25, -0.2) is 27.0 Å². The molecule has 2 aromatic carbocycles. The monoisotopic (exact) mass is 837 g/mol. The van der Waals surface area contributed by atoms with E-state index in [-0.39, 0.29) is 31.2 Å². The number of carbonyl (C=O) groups excluding carboxylic acids is 4. The van der Waals surface area contributed by atoms with Gasteiger partial charge in [-0.2, -0.15) is 0 Å². The molecule has 17 heteroatoms. The molecule has 0 unspecified atom stereocenters. The number of pyridine rings is 1. The van der Waals surface area contributed by atoms with Gasteiger partial charge in [0.25, 0.3) is 5.91 Å². The van der Waals surface area contributed by atoms with Gasteiger partial charge in [0.05, 0.1) is 24.1 Å². The Morgan fingerprint density at radius 3 is 2.51 bits per heavy atom. The molecule has 3 N–H and O–H groups in total. The van der Waals surface area contributed by atoms with Gasteiger partial charge in [0.2, 0.25) is 27.7 Å². The molecule has 3 fully saturated rings. The van der Waals surface area contributed by atoms with E-state index in [1.54, 1.807) is 13.8 Å². The van der Waals surface area contributed by atoms with Gasteiger partial charge in [0.1, 0.15) is 35.3 Å². The second kappa shape index (κ2) is 16.4. The number of amides is 4. The number of halogens is 2. The fourth-order valence-corrected chi connectivity index (χ4v) is 9.39. The lowest BCUT2D eigenvalue weighted by atomic mass is 9.88. The summed E-state index contributed by atoms with van der Waals surface area (Å²) in [6.07, 6.45) is 5.86. The van der Waals surface area contributed by atoms with Crippen LogP contribution >= 0.6 is 0 Å². The summed E-state index contributed by atoms with van der Waals surface area (Å²) < 4.78 is 73.1. The Bertz CT molecular complexity index is 2290. The fourth-order valence-electron chi connectivity index (χ4n) is 8.07.